The van der Waals surface area contributed by atoms with Crippen LogP contribution < -0.4 is 5.73 Å². The number of hydrogen-bond acceptors (Lipinski definition) is 2. The summed E-state index contributed by atoms with van der Waals surface area (Å²) < 4.78 is 0. The summed E-state index contributed by atoms with van der Waals surface area (Å²) >= 11 is 0. The summed E-state index contributed by atoms with van der Waals surface area (Å²) in [5.41, 5.74) is 9.23. The van der Waals surface area contributed by atoms with Crippen LogP contribution in [-0.2, 0) is 11.3 Å². The van der Waals surface area contributed by atoms with E-state index < -0.39 is 0 Å². The number of benzene rings is 2. The molecule has 2 N–H and O–H groups in total. The van der Waals surface area contributed by atoms with Crippen LogP contribution in [0.3, 0.4) is 0 Å². The largest absolute Gasteiger partial charge is 0.341 e. The number of rotatable bonds is 6. The fourth-order valence-electron chi connectivity index (χ4n) is 2.44. The minimum Gasteiger partial charge on any atom is -0.341 e. The molecule has 0 heterocycles. The molecule has 0 bridgehead atoms. The first kappa shape index (κ1) is 19.2. The molecule has 23 heavy (non-hydrogen) atoms. The molecular formula is C19H25ClN2O. The number of amides is 1. The fraction of sp³-hybridized carbons (Fsp3) is 0.316. The van der Waals surface area contributed by atoms with Crippen molar-refractivity contribution >= 4 is 18.3 Å². The van der Waals surface area contributed by atoms with Crippen molar-refractivity contribution in [3.05, 3.63) is 60.2 Å². The Morgan fingerprint density at radius 3 is 2.35 bits per heavy atom. The molecule has 1 atom stereocenters. The highest BCUT2D eigenvalue weighted by Crippen LogP contribution is 2.24. The zero-order valence-electron chi connectivity index (χ0n) is 13.7. The molecule has 1 amide bonds. The van der Waals surface area contributed by atoms with Crippen molar-refractivity contribution in [1.82, 2.24) is 4.90 Å². The van der Waals surface area contributed by atoms with Gasteiger partial charge in [0.05, 0.1) is 0 Å². The van der Waals surface area contributed by atoms with E-state index in [-0.39, 0.29) is 24.4 Å². The van der Waals surface area contributed by atoms with Crippen LogP contribution in [0.1, 0.15) is 25.3 Å². The van der Waals surface area contributed by atoms with Crippen LogP contribution in [0.25, 0.3) is 11.1 Å². The minimum absolute atomic E-state index is 0. The molecule has 0 fully saturated rings. The maximum Gasteiger partial charge on any atom is 0.222 e. The third kappa shape index (κ3) is 5.70. The van der Waals surface area contributed by atoms with Gasteiger partial charge < -0.3 is 10.6 Å². The van der Waals surface area contributed by atoms with Gasteiger partial charge in [0.15, 0.2) is 0 Å². The lowest BCUT2D eigenvalue weighted by molar-refractivity contribution is -0.130. The number of nitrogens with two attached hydrogens (primary N) is 1. The van der Waals surface area contributed by atoms with E-state index in [9.17, 15) is 4.79 Å². The topological polar surface area (TPSA) is 46.3 Å². The Kier molecular flexibility index (Phi) is 7.79. The molecule has 4 heteroatoms. The van der Waals surface area contributed by atoms with Gasteiger partial charge >= 0.3 is 0 Å². The molecule has 0 saturated heterocycles. The molecule has 3 nitrogen and oxygen atoms in total. The van der Waals surface area contributed by atoms with E-state index in [1.165, 1.54) is 11.1 Å². The highest BCUT2D eigenvalue weighted by Gasteiger charge is 2.12. The Morgan fingerprint density at radius 2 is 1.70 bits per heavy atom. The van der Waals surface area contributed by atoms with Crippen LogP contribution in [0.2, 0.25) is 0 Å². The van der Waals surface area contributed by atoms with Crippen LogP contribution in [0.4, 0.5) is 0 Å². The Hall–Kier alpha value is -1.84. The van der Waals surface area contributed by atoms with Crippen molar-refractivity contribution in [1.29, 1.82) is 0 Å². The molecule has 0 aliphatic carbocycles. The van der Waals surface area contributed by atoms with Crippen LogP contribution in [0, 0.1) is 0 Å². The Balaban J connectivity index is 0.00000264. The zero-order chi connectivity index (χ0) is 15.9. The minimum atomic E-state index is 0. The maximum atomic E-state index is 12.2. The summed E-state index contributed by atoms with van der Waals surface area (Å²) in [7, 11) is 1.85. The van der Waals surface area contributed by atoms with Crippen LogP contribution in [0.15, 0.2) is 54.6 Å². The summed E-state index contributed by atoms with van der Waals surface area (Å²) in [6.45, 7) is 2.54. The molecule has 1 unspecified atom stereocenters. The van der Waals surface area contributed by atoms with E-state index in [0.717, 1.165) is 12.0 Å². The number of carbonyl (C=O) groups excluding carboxylic acids is 1. The first-order valence-electron chi connectivity index (χ1n) is 7.71. The molecule has 0 aromatic heterocycles. The quantitative estimate of drug-likeness (QED) is 0.873. The SMILES string of the molecule is CC(N)CCC(=O)N(C)Cc1ccccc1-c1ccccc1.Cl. The van der Waals surface area contributed by atoms with E-state index in [1.807, 2.05) is 44.3 Å². The summed E-state index contributed by atoms with van der Waals surface area (Å²) in [5.74, 6) is 0.139. The van der Waals surface area contributed by atoms with Gasteiger partial charge in [-0.25, -0.2) is 0 Å². The van der Waals surface area contributed by atoms with Gasteiger partial charge in [0.25, 0.3) is 0 Å². The number of nitrogens with zero attached hydrogens (tertiary/aromatic N) is 1. The van der Waals surface area contributed by atoms with Crippen molar-refractivity contribution in [2.45, 2.75) is 32.4 Å². The van der Waals surface area contributed by atoms with Gasteiger partial charge in [-0.1, -0.05) is 54.6 Å². The van der Waals surface area contributed by atoms with E-state index in [0.29, 0.717) is 13.0 Å². The average Bonchev–Trinajstić information content (AvgIpc) is 2.53. The van der Waals surface area contributed by atoms with Gasteiger partial charge in [-0.15, -0.1) is 12.4 Å². The van der Waals surface area contributed by atoms with Gasteiger partial charge in [0.1, 0.15) is 0 Å². The van der Waals surface area contributed by atoms with E-state index in [2.05, 4.69) is 24.3 Å². The molecule has 2 aromatic carbocycles. The number of carbonyl (C=O) groups is 1. The third-order valence-corrected chi connectivity index (χ3v) is 3.75. The van der Waals surface area contributed by atoms with Gasteiger partial charge in [-0.2, -0.15) is 0 Å². The predicted molar refractivity (Wildman–Crippen MR) is 98.5 cm³/mol. The zero-order valence-corrected chi connectivity index (χ0v) is 14.6. The second kappa shape index (κ2) is 9.33. The Bertz CT molecular complexity index is 614. The van der Waals surface area contributed by atoms with Gasteiger partial charge in [0.2, 0.25) is 5.91 Å². The van der Waals surface area contributed by atoms with Crippen LogP contribution >= 0.6 is 12.4 Å². The smallest absolute Gasteiger partial charge is 0.222 e. The van der Waals surface area contributed by atoms with Gasteiger partial charge in [-0.3, -0.25) is 4.79 Å². The third-order valence-electron chi connectivity index (χ3n) is 3.75. The average molecular weight is 333 g/mol. The summed E-state index contributed by atoms with van der Waals surface area (Å²) in [6, 6.07) is 18.6. The van der Waals surface area contributed by atoms with Crippen LogP contribution in [-0.4, -0.2) is 23.9 Å². The summed E-state index contributed by atoms with van der Waals surface area (Å²) in [6.07, 6.45) is 1.23. The molecule has 2 rings (SSSR count). The molecule has 2 aromatic rings. The molecule has 0 spiro atoms. The second-order valence-corrected chi connectivity index (χ2v) is 5.79. The monoisotopic (exact) mass is 332 g/mol. The number of hydrogen-bond donors (Lipinski definition) is 1. The molecular weight excluding hydrogens is 308 g/mol. The lowest BCUT2D eigenvalue weighted by atomic mass is 9.99. The van der Waals surface area contributed by atoms with Crippen LogP contribution in [0.5, 0.6) is 0 Å². The second-order valence-electron chi connectivity index (χ2n) is 5.79. The first-order valence-corrected chi connectivity index (χ1v) is 7.71. The Labute approximate surface area is 144 Å². The lowest BCUT2D eigenvalue weighted by Crippen LogP contribution is -2.28. The predicted octanol–water partition coefficient (Wildman–Crippen LogP) is 3.86. The van der Waals surface area contributed by atoms with Gasteiger partial charge in [0, 0.05) is 26.1 Å². The van der Waals surface area contributed by atoms with Crippen molar-refractivity contribution < 1.29 is 4.79 Å². The highest BCUT2D eigenvalue weighted by atomic mass is 35.5. The van der Waals surface area contributed by atoms with Crippen molar-refractivity contribution in [2.75, 3.05) is 7.05 Å². The molecule has 0 aliphatic heterocycles. The molecule has 124 valence electrons. The summed E-state index contributed by atoms with van der Waals surface area (Å²) in [5, 5.41) is 0. The van der Waals surface area contributed by atoms with E-state index in [1.54, 1.807) is 4.90 Å². The van der Waals surface area contributed by atoms with Crippen molar-refractivity contribution in [3.8, 4) is 11.1 Å². The molecule has 0 radical (unpaired) electrons. The standard InChI is InChI=1S/C19H24N2O.ClH/c1-15(20)12-13-19(22)21(2)14-17-10-6-7-11-18(17)16-8-4-3-5-9-16;/h3-11,15H,12-14,20H2,1-2H3;1H. The maximum absolute atomic E-state index is 12.2. The van der Waals surface area contributed by atoms with Gasteiger partial charge in [-0.05, 0) is 30.0 Å². The van der Waals surface area contributed by atoms with E-state index >= 15 is 0 Å². The summed E-state index contributed by atoms with van der Waals surface area (Å²) in [4.78, 5) is 14.0. The lowest BCUT2D eigenvalue weighted by Gasteiger charge is -2.20. The van der Waals surface area contributed by atoms with Crippen molar-refractivity contribution in [3.63, 3.8) is 0 Å². The Morgan fingerprint density at radius 1 is 1.09 bits per heavy atom. The molecule has 0 aliphatic rings. The molecule has 0 saturated carbocycles. The van der Waals surface area contributed by atoms with E-state index in [4.69, 9.17) is 5.73 Å². The number of halogens is 1. The normalized spacial score (nSPS) is 11.4. The highest BCUT2D eigenvalue weighted by molar-refractivity contribution is 5.85. The first-order chi connectivity index (χ1) is 10.6. The fourth-order valence-corrected chi connectivity index (χ4v) is 2.44. The van der Waals surface area contributed by atoms with Crippen molar-refractivity contribution in [2.24, 2.45) is 5.73 Å².